The van der Waals surface area contributed by atoms with Crippen molar-refractivity contribution < 1.29 is 27.5 Å². The van der Waals surface area contributed by atoms with Crippen LogP contribution in [0, 0.1) is 0 Å². The number of hydrogen-bond donors (Lipinski definition) is 1. The SMILES string of the molecule is COc1ccc(S(=O)(=O)NC[C@@H]2CCCO2)cc1N1C(=O)CCC1=O. The van der Waals surface area contributed by atoms with Gasteiger partial charge in [-0.3, -0.25) is 9.59 Å². The van der Waals surface area contributed by atoms with Crippen LogP contribution < -0.4 is 14.4 Å². The van der Waals surface area contributed by atoms with E-state index in [2.05, 4.69) is 4.72 Å². The van der Waals surface area contributed by atoms with Crippen LogP contribution in [0.4, 0.5) is 5.69 Å². The molecule has 0 spiro atoms. The number of benzene rings is 1. The van der Waals surface area contributed by atoms with E-state index in [0.29, 0.717) is 6.61 Å². The Kier molecular flexibility index (Phi) is 5.07. The van der Waals surface area contributed by atoms with Gasteiger partial charge in [0.15, 0.2) is 0 Å². The molecule has 2 heterocycles. The Bertz CT molecular complexity index is 770. The van der Waals surface area contributed by atoms with Gasteiger partial charge in [0.1, 0.15) is 5.75 Å². The molecule has 0 aromatic heterocycles. The molecule has 2 saturated heterocycles. The average molecular weight is 368 g/mol. The zero-order chi connectivity index (χ0) is 18.0. The predicted molar refractivity (Wildman–Crippen MR) is 88.9 cm³/mol. The molecule has 1 aromatic carbocycles. The van der Waals surface area contributed by atoms with Gasteiger partial charge in [0.25, 0.3) is 0 Å². The maximum Gasteiger partial charge on any atom is 0.240 e. The molecular weight excluding hydrogens is 348 g/mol. The number of carbonyl (C=O) groups is 2. The summed E-state index contributed by atoms with van der Waals surface area (Å²) >= 11 is 0. The number of sulfonamides is 1. The molecule has 0 aliphatic carbocycles. The highest BCUT2D eigenvalue weighted by atomic mass is 32.2. The number of hydrogen-bond acceptors (Lipinski definition) is 6. The molecule has 1 atom stereocenters. The fraction of sp³-hybridized carbons (Fsp3) is 0.500. The standard InChI is InChI=1S/C16H20N2O6S/c1-23-14-5-4-12(9-13(14)18-15(19)6-7-16(18)20)25(21,22)17-10-11-3-2-8-24-11/h4-5,9,11,17H,2-3,6-8,10H2,1H3/t11-/m0/s1. The van der Waals surface area contributed by atoms with Gasteiger partial charge < -0.3 is 9.47 Å². The smallest absolute Gasteiger partial charge is 0.240 e. The molecule has 0 unspecified atom stereocenters. The van der Waals surface area contributed by atoms with Crippen LogP contribution in [-0.2, 0) is 24.3 Å². The van der Waals surface area contributed by atoms with Gasteiger partial charge in [-0.1, -0.05) is 0 Å². The first-order chi connectivity index (χ1) is 11.9. The maximum absolute atomic E-state index is 12.5. The fourth-order valence-electron chi connectivity index (χ4n) is 2.95. The van der Waals surface area contributed by atoms with Gasteiger partial charge in [-0.05, 0) is 31.0 Å². The second-order valence-corrected chi connectivity index (χ2v) is 7.71. The summed E-state index contributed by atoms with van der Waals surface area (Å²) < 4.78 is 38.1. The minimum absolute atomic E-state index is 0.0335. The quantitative estimate of drug-likeness (QED) is 0.746. The summed E-state index contributed by atoms with van der Waals surface area (Å²) in [6.45, 7) is 0.823. The summed E-state index contributed by atoms with van der Waals surface area (Å²) in [4.78, 5) is 24.9. The number of amides is 2. The Labute approximate surface area is 146 Å². The van der Waals surface area contributed by atoms with Gasteiger partial charge >= 0.3 is 0 Å². The lowest BCUT2D eigenvalue weighted by atomic mass is 10.2. The Morgan fingerprint density at radius 1 is 1.28 bits per heavy atom. The number of anilines is 1. The number of rotatable bonds is 6. The largest absolute Gasteiger partial charge is 0.495 e. The number of carbonyl (C=O) groups excluding carboxylic acids is 2. The monoisotopic (exact) mass is 368 g/mol. The van der Waals surface area contributed by atoms with Crippen LogP contribution in [0.2, 0.25) is 0 Å². The third kappa shape index (κ3) is 3.68. The maximum atomic E-state index is 12.5. The number of nitrogens with one attached hydrogen (secondary N) is 1. The molecule has 25 heavy (non-hydrogen) atoms. The van der Waals surface area contributed by atoms with Crippen molar-refractivity contribution >= 4 is 27.5 Å². The van der Waals surface area contributed by atoms with Crippen molar-refractivity contribution in [3.63, 3.8) is 0 Å². The van der Waals surface area contributed by atoms with Gasteiger partial charge in [0, 0.05) is 26.0 Å². The van der Waals surface area contributed by atoms with E-state index < -0.39 is 10.0 Å². The van der Waals surface area contributed by atoms with Crippen LogP contribution in [0.3, 0.4) is 0 Å². The summed E-state index contributed by atoms with van der Waals surface area (Å²) in [5, 5.41) is 0. The van der Waals surface area contributed by atoms with E-state index in [1.54, 1.807) is 0 Å². The third-order valence-corrected chi connectivity index (χ3v) is 5.70. The lowest BCUT2D eigenvalue weighted by Crippen LogP contribution is -2.32. The summed E-state index contributed by atoms with van der Waals surface area (Å²) in [7, 11) is -2.40. The molecule has 0 saturated carbocycles. The van der Waals surface area contributed by atoms with Crippen molar-refractivity contribution in [2.24, 2.45) is 0 Å². The topological polar surface area (TPSA) is 102 Å². The van der Waals surface area contributed by atoms with Crippen LogP contribution in [-0.4, -0.2) is 46.6 Å². The number of nitrogens with zero attached hydrogens (tertiary/aromatic N) is 1. The van der Waals surface area contributed by atoms with E-state index in [1.807, 2.05) is 0 Å². The van der Waals surface area contributed by atoms with E-state index in [4.69, 9.17) is 9.47 Å². The first-order valence-corrected chi connectivity index (χ1v) is 9.56. The molecule has 0 bridgehead atoms. The van der Waals surface area contributed by atoms with E-state index in [-0.39, 0.29) is 53.6 Å². The zero-order valence-corrected chi connectivity index (χ0v) is 14.7. The van der Waals surface area contributed by atoms with Gasteiger partial charge in [0.05, 0.1) is 23.8 Å². The first kappa shape index (κ1) is 17.8. The van der Waals surface area contributed by atoms with Crippen LogP contribution in [0.15, 0.2) is 23.1 Å². The Balaban J connectivity index is 1.87. The molecule has 0 radical (unpaired) electrons. The molecular formula is C16H20N2O6S. The molecule has 2 aliphatic rings. The average Bonchev–Trinajstić information content (AvgIpc) is 3.22. The highest BCUT2D eigenvalue weighted by molar-refractivity contribution is 7.89. The highest BCUT2D eigenvalue weighted by Crippen LogP contribution is 2.34. The van der Waals surface area contributed by atoms with Gasteiger partial charge in [0.2, 0.25) is 21.8 Å². The van der Waals surface area contributed by atoms with E-state index in [1.165, 1.54) is 25.3 Å². The lowest BCUT2D eigenvalue weighted by Gasteiger charge is -2.19. The second kappa shape index (κ2) is 7.11. The first-order valence-electron chi connectivity index (χ1n) is 8.07. The third-order valence-electron chi connectivity index (χ3n) is 4.28. The van der Waals surface area contributed by atoms with E-state index in [0.717, 1.165) is 17.7 Å². The number of imide groups is 1. The molecule has 9 heteroatoms. The molecule has 2 amide bonds. The summed E-state index contributed by atoms with van der Waals surface area (Å²) in [5.74, 6) is -0.475. The van der Waals surface area contributed by atoms with Crippen molar-refractivity contribution in [3.05, 3.63) is 18.2 Å². The summed E-state index contributed by atoms with van der Waals surface area (Å²) in [6.07, 6.45) is 1.81. The normalized spacial score (nSPS) is 21.2. The van der Waals surface area contributed by atoms with Gasteiger partial charge in [-0.2, -0.15) is 0 Å². The van der Waals surface area contributed by atoms with Crippen molar-refractivity contribution in [2.75, 3.05) is 25.2 Å². The van der Waals surface area contributed by atoms with Crippen LogP contribution >= 0.6 is 0 Å². The predicted octanol–water partition coefficient (Wildman–Crippen LogP) is 0.806. The second-order valence-electron chi connectivity index (χ2n) is 5.94. The minimum Gasteiger partial charge on any atom is -0.495 e. The molecule has 2 aliphatic heterocycles. The minimum atomic E-state index is -3.79. The van der Waals surface area contributed by atoms with Crippen LogP contribution in [0.25, 0.3) is 0 Å². The van der Waals surface area contributed by atoms with E-state index in [9.17, 15) is 18.0 Å². The van der Waals surface area contributed by atoms with Gasteiger partial charge in [-0.15, -0.1) is 0 Å². The number of ether oxygens (including phenoxy) is 2. The molecule has 8 nitrogen and oxygen atoms in total. The van der Waals surface area contributed by atoms with Crippen LogP contribution in [0.5, 0.6) is 5.75 Å². The van der Waals surface area contributed by atoms with Crippen molar-refractivity contribution in [2.45, 2.75) is 36.7 Å². The fourth-order valence-corrected chi connectivity index (χ4v) is 4.03. The summed E-state index contributed by atoms with van der Waals surface area (Å²) in [5.41, 5.74) is 0.148. The highest BCUT2D eigenvalue weighted by Gasteiger charge is 2.33. The molecule has 1 N–H and O–H groups in total. The molecule has 2 fully saturated rings. The summed E-state index contributed by atoms with van der Waals surface area (Å²) in [6, 6.07) is 4.11. The molecule has 3 rings (SSSR count). The molecule has 136 valence electrons. The Morgan fingerprint density at radius 2 is 2.00 bits per heavy atom. The van der Waals surface area contributed by atoms with Gasteiger partial charge in [-0.25, -0.2) is 18.0 Å². The number of methoxy groups -OCH3 is 1. The Morgan fingerprint density at radius 3 is 2.60 bits per heavy atom. The Hall–Kier alpha value is -1.97. The van der Waals surface area contributed by atoms with E-state index >= 15 is 0 Å². The molecule has 1 aromatic rings. The van der Waals surface area contributed by atoms with Crippen molar-refractivity contribution in [3.8, 4) is 5.75 Å². The van der Waals surface area contributed by atoms with Crippen molar-refractivity contribution in [1.82, 2.24) is 4.72 Å². The van der Waals surface area contributed by atoms with Crippen molar-refractivity contribution in [1.29, 1.82) is 0 Å². The van der Waals surface area contributed by atoms with Crippen LogP contribution in [0.1, 0.15) is 25.7 Å². The zero-order valence-electron chi connectivity index (χ0n) is 13.9. The lowest BCUT2D eigenvalue weighted by molar-refractivity contribution is -0.121.